The van der Waals surface area contributed by atoms with E-state index in [0.717, 1.165) is 27.8 Å². The summed E-state index contributed by atoms with van der Waals surface area (Å²) in [5.41, 5.74) is 10.0. The van der Waals surface area contributed by atoms with Crippen LogP contribution in [0.15, 0.2) is 48.7 Å². The maximum atomic E-state index is 9.40. The first-order valence-electron chi connectivity index (χ1n) is 7.30. The third kappa shape index (κ3) is 2.31. The van der Waals surface area contributed by atoms with Gasteiger partial charge in [-0.3, -0.25) is 0 Å². The fourth-order valence-corrected chi connectivity index (χ4v) is 2.81. The van der Waals surface area contributed by atoms with Crippen LogP contribution in [0, 0.1) is 0 Å². The van der Waals surface area contributed by atoms with Gasteiger partial charge in [-0.2, -0.15) is 0 Å². The topological polar surface area (TPSA) is 60.4 Å². The van der Waals surface area contributed by atoms with Crippen molar-refractivity contribution < 1.29 is 9.84 Å². The molecule has 1 unspecified atom stereocenters. The van der Waals surface area contributed by atoms with Crippen molar-refractivity contribution in [3.63, 3.8) is 0 Å². The van der Waals surface area contributed by atoms with Crippen molar-refractivity contribution in [2.24, 2.45) is 0 Å². The second-order valence-electron chi connectivity index (χ2n) is 5.45. The summed E-state index contributed by atoms with van der Waals surface area (Å²) in [5, 5.41) is 10.5. The summed E-state index contributed by atoms with van der Waals surface area (Å²) in [6, 6.07) is 14.0. The van der Waals surface area contributed by atoms with Crippen LogP contribution in [0.5, 0.6) is 5.75 Å². The molecule has 0 aliphatic heterocycles. The van der Waals surface area contributed by atoms with Crippen LogP contribution < -0.4 is 10.5 Å². The molecule has 114 valence electrons. The van der Waals surface area contributed by atoms with Crippen molar-refractivity contribution >= 4 is 16.6 Å². The quantitative estimate of drug-likeness (QED) is 0.725. The highest BCUT2D eigenvalue weighted by atomic mass is 16.5. The molecule has 0 aliphatic carbocycles. The highest BCUT2D eigenvalue weighted by molar-refractivity contribution is 5.98. The third-order valence-corrected chi connectivity index (χ3v) is 4.05. The zero-order valence-corrected chi connectivity index (χ0v) is 12.8. The number of aliphatic hydroxyl groups excluding tert-OH is 1. The van der Waals surface area contributed by atoms with Gasteiger partial charge in [-0.15, -0.1) is 0 Å². The minimum atomic E-state index is 0.0426. The van der Waals surface area contributed by atoms with Gasteiger partial charge < -0.3 is 20.1 Å². The lowest BCUT2D eigenvalue weighted by Gasteiger charge is -2.13. The highest BCUT2D eigenvalue weighted by Crippen LogP contribution is 2.35. The number of nitrogen functional groups attached to an aromatic ring is 1. The average molecular weight is 296 g/mol. The Morgan fingerprint density at radius 1 is 1.18 bits per heavy atom. The normalized spacial score (nSPS) is 12.5. The predicted molar refractivity (Wildman–Crippen MR) is 90.1 cm³/mol. The van der Waals surface area contributed by atoms with Crippen LogP contribution in [0.4, 0.5) is 5.69 Å². The summed E-state index contributed by atoms with van der Waals surface area (Å²) >= 11 is 0. The Labute approximate surface area is 129 Å². The lowest BCUT2D eigenvalue weighted by atomic mass is 10.00. The van der Waals surface area contributed by atoms with E-state index in [2.05, 4.69) is 22.8 Å². The molecule has 0 saturated carbocycles. The summed E-state index contributed by atoms with van der Waals surface area (Å²) in [6.45, 7) is 2.10. The number of ether oxygens (including phenoxy) is 1. The number of fused-ring (bicyclic) bond motifs is 1. The van der Waals surface area contributed by atoms with E-state index in [1.54, 1.807) is 7.11 Å². The number of aliphatic hydroxyl groups is 1. The van der Waals surface area contributed by atoms with Gasteiger partial charge in [0.15, 0.2) is 0 Å². The molecule has 3 N–H and O–H groups in total. The van der Waals surface area contributed by atoms with Gasteiger partial charge in [0, 0.05) is 34.4 Å². The Hall–Kier alpha value is -2.46. The molecule has 0 fully saturated rings. The van der Waals surface area contributed by atoms with E-state index in [1.165, 1.54) is 0 Å². The van der Waals surface area contributed by atoms with E-state index in [-0.39, 0.29) is 12.6 Å². The largest absolute Gasteiger partial charge is 0.497 e. The Morgan fingerprint density at radius 2 is 2.00 bits per heavy atom. The maximum Gasteiger partial charge on any atom is 0.120 e. The molecule has 0 amide bonds. The Morgan fingerprint density at radius 3 is 2.68 bits per heavy atom. The summed E-state index contributed by atoms with van der Waals surface area (Å²) < 4.78 is 7.29. The van der Waals surface area contributed by atoms with Crippen molar-refractivity contribution in [3.05, 3.63) is 48.7 Å². The first kappa shape index (κ1) is 14.5. The zero-order chi connectivity index (χ0) is 15.7. The Kier molecular flexibility index (Phi) is 3.77. The van der Waals surface area contributed by atoms with Crippen molar-refractivity contribution in [2.75, 3.05) is 19.5 Å². The van der Waals surface area contributed by atoms with Crippen LogP contribution in [-0.4, -0.2) is 23.4 Å². The summed E-state index contributed by atoms with van der Waals surface area (Å²) in [7, 11) is 1.63. The smallest absolute Gasteiger partial charge is 0.120 e. The SMILES string of the molecule is COc1ccc(-c2cccc3c2ccn3C(C)CO)c(N)c1. The van der Waals surface area contributed by atoms with Crippen LogP contribution in [0.1, 0.15) is 13.0 Å². The number of hydrogen-bond acceptors (Lipinski definition) is 3. The number of benzene rings is 2. The lowest BCUT2D eigenvalue weighted by molar-refractivity contribution is 0.241. The average Bonchev–Trinajstić information content (AvgIpc) is 2.98. The number of nitrogens with zero attached hydrogens (tertiary/aromatic N) is 1. The van der Waals surface area contributed by atoms with Crippen LogP contribution in [-0.2, 0) is 0 Å². The molecule has 0 bridgehead atoms. The second-order valence-corrected chi connectivity index (χ2v) is 5.45. The molecule has 0 radical (unpaired) electrons. The van der Waals surface area contributed by atoms with Gasteiger partial charge in [0.2, 0.25) is 0 Å². The standard InChI is InChI=1S/C18H20N2O2/c1-12(11-21)20-9-8-16-14(4-3-5-18(16)20)15-7-6-13(22-2)10-17(15)19/h3-10,12,21H,11,19H2,1-2H3. The van der Waals surface area contributed by atoms with Crippen molar-refractivity contribution in [1.82, 2.24) is 4.57 Å². The molecule has 2 aromatic carbocycles. The Bertz CT molecular complexity index is 808. The van der Waals surface area contributed by atoms with Crippen LogP contribution >= 0.6 is 0 Å². The summed E-state index contributed by atoms with van der Waals surface area (Å²) in [6.07, 6.45) is 2.01. The van der Waals surface area contributed by atoms with Gasteiger partial charge in [-0.1, -0.05) is 12.1 Å². The first-order chi connectivity index (χ1) is 10.7. The van der Waals surface area contributed by atoms with Crippen LogP contribution in [0.25, 0.3) is 22.0 Å². The van der Waals surface area contributed by atoms with E-state index in [9.17, 15) is 5.11 Å². The molecular weight excluding hydrogens is 276 g/mol. The number of nitrogens with two attached hydrogens (primary N) is 1. The minimum absolute atomic E-state index is 0.0426. The third-order valence-electron chi connectivity index (χ3n) is 4.05. The van der Waals surface area contributed by atoms with Crippen LogP contribution in [0.2, 0.25) is 0 Å². The molecular formula is C18H20N2O2. The number of anilines is 1. The van der Waals surface area contributed by atoms with Crippen molar-refractivity contribution in [3.8, 4) is 16.9 Å². The molecule has 0 saturated heterocycles. The maximum absolute atomic E-state index is 9.40. The number of rotatable bonds is 4. The zero-order valence-electron chi connectivity index (χ0n) is 12.8. The number of hydrogen-bond donors (Lipinski definition) is 2. The van der Waals surface area contributed by atoms with Crippen molar-refractivity contribution in [2.45, 2.75) is 13.0 Å². The molecule has 1 aromatic heterocycles. The predicted octanol–water partition coefficient (Wildman–Crippen LogP) is 3.45. The van der Waals surface area contributed by atoms with Gasteiger partial charge >= 0.3 is 0 Å². The molecule has 3 rings (SSSR count). The van der Waals surface area contributed by atoms with Gasteiger partial charge in [-0.05, 0) is 36.8 Å². The number of aromatic nitrogens is 1. The van der Waals surface area contributed by atoms with E-state index in [0.29, 0.717) is 5.69 Å². The van der Waals surface area contributed by atoms with Crippen molar-refractivity contribution in [1.29, 1.82) is 0 Å². The van der Waals surface area contributed by atoms with Gasteiger partial charge in [-0.25, -0.2) is 0 Å². The van der Waals surface area contributed by atoms with E-state index in [1.807, 2.05) is 37.4 Å². The van der Waals surface area contributed by atoms with Gasteiger partial charge in [0.05, 0.1) is 19.8 Å². The molecule has 0 aliphatic rings. The monoisotopic (exact) mass is 296 g/mol. The molecule has 4 nitrogen and oxygen atoms in total. The molecule has 3 aromatic rings. The fraction of sp³-hybridized carbons (Fsp3) is 0.222. The summed E-state index contributed by atoms with van der Waals surface area (Å²) in [5.74, 6) is 0.750. The van der Waals surface area contributed by atoms with Crippen LogP contribution in [0.3, 0.4) is 0 Å². The molecule has 22 heavy (non-hydrogen) atoms. The van der Waals surface area contributed by atoms with Gasteiger partial charge in [0.25, 0.3) is 0 Å². The Balaban J connectivity index is 2.18. The second kappa shape index (κ2) is 5.73. The van der Waals surface area contributed by atoms with E-state index >= 15 is 0 Å². The first-order valence-corrected chi connectivity index (χ1v) is 7.30. The van der Waals surface area contributed by atoms with E-state index in [4.69, 9.17) is 10.5 Å². The highest BCUT2D eigenvalue weighted by Gasteiger charge is 2.12. The molecule has 0 spiro atoms. The minimum Gasteiger partial charge on any atom is -0.497 e. The summed E-state index contributed by atoms with van der Waals surface area (Å²) in [4.78, 5) is 0. The molecule has 4 heteroatoms. The number of methoxy groups -OCH3 is 1. The van der Waals surface area contributed by atoms with E-state index < -0.39 is 0 Å². The molecule has 1 atom stereocenters. The fourth-order valence-electron chi connectivity index (χ4n) is 2.81. The lowest BCUT2D eigenvalue weighted by Crippen LogP contribution is -2.07. The molecule has 1 heterocycles. The van der Waals surface area contributed by atoms with Gasteiger partial charge in [0.1, 0.15) is 5.75 Å².